The molecule has 0 saturated carbocycles. The van der Waals surface area contributed by atoms with E-state index in [2.05, 4.69) is 31.0 Å². The van der Waals surface area contributed by atoms with Crippen LogP contribution in [0.15, 0.2) is 36.4 Å². The highest BCUT2D eigenvalue weighted by atomic mass is 19.1. The summed E-state index contributed by atoms with van der Waals surface area (Å²) in [5, 5.41) is 12.2. The van der Waals surface area contributed by atoms with Crippen molar-refractivity contribution in [1.82, 2.24) is 0 Å². The standard InChI is InChI=1S/C20H25FN2O3/c1-20(2,3)12-23(4)15-8-6-14(7-9-15)22-19(25)13-10-16(21)18(24)17(11-13)26-5/h6-11,24H,12H2,1-5H3,(H,22,25). The van der Waals surface area contributed by atoms with Crippen molar-refractivity contribution in [3.63, 3.8) is 0 Å². The Bertz CT molecular complexity index is 783. The number of hydrogen-bond donors (Lipinski definition) is 2. The van der Waals surface area contributed by atoms with Crippen LogP contribution in [0.25, 0.3) is 0 Å². The number of phenols is 1. The first kappa shape index (κ1) is 19.6. The summed E-state index contributed by atoms with van der Waals surface area (Å²) in [5.74, 6) is -2.10. The summed E-state index contributed by atoms with van der Waals surface area (Å²) in [6.45, 7) is 7.40. The minimum Gasteiger partial charge on any atom is -0.502 e. The number of carbonyl (C=O) groups excluding carboxylic acids is 1. The first-order valence-electron chi connectivity index (χ1n) is 8.30. The SMILES string of the molecule is COc1cc(C(=O)Nc2ccc(N(C)CC(C)(C)C)cc2)cc(F)c1O. The van der Waals surface area contributed by atoms with Crippen LogP contribution >= 0.6 is 0 Å². The van der Waals surface area contributed by atoms with Gasteiger partial charge in [-0.05, 0) is 41.8 Å². The van der Waals surface area contributed by atoms with Crippen molar-refractivity contribution in [3.8, 4) is 11.5 Å². The Morgan fingerprint density at radius 3 is 2.38 bits per heavy atom. The molecule has 0 bridgehead atoms. The maximum atomic E-state index is 13.7. The van der Waals surface area contributed by atoms with Crippen LogP contribution in [-0.4, -0.2) is 31.7 Å². The molecule has 0 spiro atoms. The number of amides is 1. The van der Waals surface area contributed by atoms with Gasteiger partial charge in [-0.15, -0.1) is 0 Å². The molecule has 2 rings (SSSR count). The third-order valence-corrected chi connectivity index (χ3v) is 3.79. The van der Waals surface area contributed by atoms with Crippen LogP contribution in [0.4, 0.5) is 15.8 Å². The fourth-order valence-corrected chi connectivity index (χ4v) is 2.67. The Labute approximate surface area is 153 Å². The Morgan fingerprint density at radius 2 is 1.85 bits per heavy atom. The van der Waals surface area contributed by atoms with Crippen molar-refractivity contribution < 1.29 is 19.0 Å². The van der Waals surface area contributed by atoms with E-state index in [-0.39, 0.29) is 16.7 Å². The van der Waals surface area contributed by atoms with Crippen LogP contribution in [-0.2, 0) is 0 Å². The predicted molar refractivity (Wildman–Crippen MR) is 102 cm³/mol. The molecule has 140 valence electrons. The van der Waals surface area contributed by atoms with E-state index in [9.17, 15) is 14.3 Å². The number of ether oxygens (including phenoxy) is 1. The lowest BCUT2D eigenvalue weighted by atomic mass is 9.96. The third-order valence-electron chi connectivity index (χ3n) is 3.79. The number of methoxy groups -OCH3 is 1. The molecule has 0 aliphatic carbocycles. The first-order chi connectivity index (χ1) is 12.1. The number of halogens is 1. The zero-order valence-corrected chi connectivity index (χ0v) is 15.8. The lowest BCUT2D eigenvalue weighted by molar-refractivity contribution is 0.102. The van der Waals surface area contributed by atoms with Crippen molar-refractivity contribution in [2.75, 3.05) is 30.9 Å². The topological polar surface area (TPSA) is 61.8 Å². The molecule has 1 amide bonds. The molecule has 6 heteroatoms. The number of nitrogens with zero attached hydrogens (tertiary/aromatic N) is 1. The second kappa shape index (κ2) is 7.64. The van der Waals surface area contributed by atoms with Gasteiger partial charge >= 0.3 is 0 Å². The van der Waals surface area contributed by atoms with Crippen molar-refractivity contribution in [1.29, 1.82) is 0 Å². The minimum absolute atomic E-state index is 0.0612. The molecule has 0 aliphatic rings. The molecular formula is C20H25FN2O3. The molecule has 0 aromatic heterocycles. The Hall–Kier alpha value is -2.76. The molecule has 0 unspecified atom stereocenters. The van der Waals surface area contributed by atoms with Gasteiger partial charge < -0.3 is 20.1 Å². The van der Waals surface area contributed by atoms with Crippen LogP contribution in [0.5, 0.6) is 11.5 Å². The van der Waals surface area contributed by atoms with E-state index in [1.165, 1.54) is 13.2 Å². The smallest absolute Gasteiger partial charge is 0.255 e. The normalized spacial score (nSPS) is 11.2. The summed E-state index contributed by atoms with van der Waals surface area (Å²) < 4.78 is 18.6. The number of hydrogen-bond acceptors (Lipinski definition) is 4. The third kappa shape index (κ3) is 4.88. The molecule has 0 fully saturated rings. The quantitative estimate of drug-likeness (QED) is 0.836. The fourth-order valence-electron chi connectivity index (χ4n) is 2.67. The lowest BCUT2D eigenvalue weighted by Gasteiger charge is -2.28. The van der Waals surface area contributed by atoms with Gasteiger partial charge in [0.25, 0.3) is 5.91 Å². The Morgan fingerprint density at radius 1 is 1.23 bits per heavy atom. The second-order valence-electron chi connectivity index (χ2n) is 7.43. The molecule has 0 aliphatic heterocycles. The molecular weight excluding hydrogens is 335 g/mol. The summed E-state index contributed by atoms with van der Waals surface area (Å²) in [5.41, 5.74) is 1.86. The molecule has 26 heavy (non-hydrogen) atoms. The van der Waals surface area contributed by atoms with Crippen molar-refractivity contribution in [2.24, 2.45) is 5.41 Å². The molecule has 2 aromatic rings. The van der Waals surface area contributed by atoms with Crippen molar-refractivity contribution in [2.45, 2.75) is 20.8 Å². The van der Waals surface area contributed by atoms with Gasteiger partial charge in [0.05, 0.1) is 7.11 Å². The number of nitrogens with one attached hydrogen (secondary N) is 1. The van der Waals surface area contributed by atoms with Gasteiger partial charge in [-0.25, -0.2) is 4.39 Å². The van der Waals surface area contributed by atoms with Gasteiger partial charge in [-0.3, -0.25) is 4.79 Å². The molecule has 0 saturated heterocycles. The van der Waals surface area contributed by atoms with E-state index >= 15 is 0 Å². The highest BCUT2D eigenvalue weighted by Gasteiger charge is 2.16. The molecule has 2 N–H and O–H groups in total. The van der Waals surface area contributed by atoms with Crippen molar-refractivity contribution >= 4 is 17.3 Å². The van der Waals surface area contributed by atoms with Gasteiger partial charge in [0.15, 0.2) is 17.3 Å². The lowest BCUT2D eigenvalue weighted by Crippen LogP contribution is -2.28. The van der Waals surface area contributed by atoms with Gasteiger partial charge in [0.2, 0.25) is 0 Å². The maximum absolute atomic E-state index is 13.7. The number of phenolic OH excluding ortho intramolecular Hbond substituents is 1. The highest BCUT2D eigenvalue weighted by molar-refractivity contribution is 6.04. The molecule has 0 radical (unpaired) electrons. The van der Waals surface area contributed by atoms with E-state index in [1.807, 2.05) is 19.2 Å². The summed E-state index contributed by atoms with van der Waals surface area (Å²) in [6.07, 6.45) is 0. The molecule has 0 heterocycles. The molecule has 2 aromatic carbocycles. The summed E-state index contributed by atoms with van der Waals surface area (Å²) >= 11 is 0. The summed E-state index contributed by atoms with van der Waals surface area (Å²) in [6, 6.07) is 9.68. The van der Waals surface area contributed by atoms with Crippen molar-refractivity contribution in [3.05, 3.63) is 47.8 Å². The van der Waals surface area contributed by atoms with Crippen LogP contribution in [0, 0.1) is 11.2 Å². The van der Waals surface area contributed by atoms with Gasteiger partial charge in [0, 0.05) is 30.5 Å². The Balaban J connectivity index is 2.12. The van der Waals surface area contributed by atoms with Crippen LogP contribution in [0.2, 0.25) is 0 Å². The van der Waals surface area contributed by atoms with Crippen LogP contribution in [0.1, 0.15) is 31.1 Å². The van der Waals surface area contributed by atoms with E-state index in [0.29, 0.717) is 5.69 Å². The zero-order chi connectivity index (χ0) is 19.5. The van der Waals surface area contributed by atoms with Crippen LogP contribution < -0.4 is 15.0 Å². The largest absolute Gasteiger partial charge is 0.502 e. The number of rotatable bonds is 5. The van der Waals surface area contributed by atoms with E-state index in [4.69, 9.17) is 4.74 Å². The monoisotopic (exact) mass is 360 g/mol. The fraction of sp³-hybridized carbons (Fsp3) is 0.350. The minimum atomic E-state index is -0.909. The zero-order valence-electron chi connectivity index (χ0n) is 15.8. The second-order valence-corrected chi connectivity index (χ2v) is 7.43. The Kier molecular flexibility index (Phi) is 5.75. The first-order valence-corrected chi connectivity index (χ1v) is 8.30. The summed E-state index contributed by atoms with van der Waals surface area (Å²) in [4.78, 5) is 14.5. The highest BCUT2D eigenvalue weighted by Crippen LogP contribution is 2.30. The number of benzene rings is 2. The summed E-state index contributed by atoms with van der Waals surface area (Å²) in [7, 11) is 3.31. The number of carbonyl (C=O) groups is 1. The number of anilines is 2. The molecule has 5 nitrogen and oxygen atoms in total. The van der Waals surface area contributed by atoms with Gasteiger partial charge in [0.1, 0.15) is 0 Å². The van der Waals surface area contributed by atoms with Gasteiger partial charge in [-0.2, -0.15) is 0 Å². The number of aromatic hydroxyl groups is 1. The van der Waals surface area contributed by atoms with E-state index in [1.54, 1.807) is 12.1 Å². The average Bonchev–Trinajstić information content (AvgIpc) is 2.56. The predicted octanol–water partition coefficient (Wildman–Crippen LogP) is 4.27. The van der Waals surface area contributed by atoms with Gasteiger partial charge in [-0.1, -0.05) is 20.8 Å². The average molecular weight is 360 g/mol. The molecule has 0 atom stereocenters. The maximum Gasteiger partial charge on any atom is 0.255 e. The van der Waals surface area contributed by atoms with E-state index < -0.39 is 17.5 Å². The van der Waals surface area contributed by atoms with E-state index in [0.717, 1.165) is 18.3 Å². The van der Waals surface area contributed by atoms with Crippen LogP contribution in [0.3, 0.4) is 0 Å².